The van der Waals surface area contributed by atoms with E-state index in [1.165, 1.54) is 82.7 Å². The molecule has 0 aliphatic carbocycles. The molecule has 52 heavy (non-hydrogen) atoms. The molecular weight excluding hydrogens is 625 g/mol. The first-order valence-corrected chi connectivity index (χ1v) is 18.0. The van der Waals surface area contributed by atoms with Gasteiger partial charge < -0.3 is 0 Å². The van der Waals surface area contributed by atoms with Crippen molar-refractivity contribution in [3.63, 3.8) is 0 Å². The first kappa shape index (κ1) is 32.7. The zero-order valence-electron chi connectivity index (χ0n) is 29.7. The molecule has 0 aliphatic rings. The Balaban J connectivity index is 1.43. The first-order chi connectivity index (χ1) is 25.6. The van der Waals surface area contributed by atoms with Crippen LogP contribution in [0.3, 0.4) is 0 Å². The molecule has 0 nitrogen and oxygen atoms in total. The minimum absolute atomic E-state index is 1.09. The average Bonchev–Trinajstić information content (AvgIpc) is 3.21. The van der Waals surface area contributed by atoms with Crippen molar-refractivity contribution in [1.82, 2.24) is 0 Å². The second-order valence-electron chi connectivity index (χ2n) is 13.4. The summed E-state index contributed by atoms with van der Waals surface area (Å²) in [6.07, 6.45) is 8.23. The number of aryl methyl sites for hydroxylation is 1. The lowest BCUT2D eigenvalue weighted by atomic mass is 9.83. The SMILES string of the molecule is C=C/C(=C\C=C\C)c1ccc2c(-c3ccc(-c4ccccc4)cc3)c3cc(-c4ccc(C)cc4)ccc3c(-c3ccc(-c4ccccc4)cc3)c2c1. The van der Waals surface area contributed by atoms with Crippen molar-refractivity contribution < 1.29 is 0 Å². The largest absolute Gasteiger partial charge is 0.0984 e. The van der Waals surface area contributed by atoms with Crippen molar-refractivity contribution in [3.05, 3.63) is 212 Å². The van der Waals surface area contributed by atoms with E-state index in [2.05, 4.69) is 202 Å². The van der Waals surface area contributed by atoms with Gasteiger partial charge in [-0.05, 0) is 114 Å². The van der Waals surface area contributed by atoms with Crippen molar-refractivity contribution >= 4 is 27.1 Å². The smallest absolute Gasteiger partial charge is 0.00261 e. The highest BCUT2D eigenvalue weighted by atomic mass is 14.2. The van der Waals surface area contributed by atoms with Gasteiger partial charge in [-0.15, -0.1) is 0 Å². The van der Waals surface area contributed by atoms with Gasteiger partial charge in [0, 0.05) is 0 Å². The van der Waals surface area contributed by atoms with Crippen LogP contribution >= 0.6 is 0 Å². The second kappa shape index (κ2) is 14.4. The van der Waals surface area contributed by atoms with Crippen LogP contribution in [0.1, 0.15) is 18.1 Å². The van der Waals surface area contributed by atoms with Crippen LogP contribution in [0.15, 0.2) is 201 Å². The van der Waals surface area contributed by atoms with Crippen molar-refractivity contribution in [2.45, 2.75) is 13.8 Å². The molecule has 0 spiro atoms. The van der Waals surface area contributed by atoms with Gasteiger partial charge in [-0.2, -0.15) is 0 Å². The third-order valence-corrected chi connectivity index (χ3v) is 10.1. The first-order valence-electron chi connectivity index (χ1n) is 18.0. The van der Waals surface area contributed by atoms with Gasteiger partial charge >= 0.3 is 0 Å². The highest BCUT2D eigenvalue weighted by molar-refractivity contribution is 6.22. The molecule has 8 aromatic rings. The van der Waals surface area contributed by atoms with E-state index in [9.17, 15) is 0 Å². The van der Waals surface area contributed by atoms with Crippen molar-refractivity contribution in [3.8, 4) is 55.6 Å². The zero-order valence-corrected chi connectivity index (χ0v) is 29.7. The Morgan fingerprint density at radius 1 is 0.423 bits per heavy atom. The number of benzene rings is 8. The quantitative estimate of drug-likeness (QED) is 0.112. The lowest BCUT2D eigenvalue weighted by molar-refractivity contribution is 1.47. The molecule has 0 heterocycles. The van der Waals surface area contributed by atoms with Crippen LogP contribution in [-0.2, 0) is 0 Å². The van der Waals surface area contributed by atoms with E-state index in [0.29, 0.717) is 0 Å². The van der Waals surface area contributed by atoms with E-state index in [1.54, 1.807) is 0 Å². The van der Waals surface area contributed by atoms with Gasteiger partial charge in [0.1, 0.15) is 0 Å². The summed E-state index contributed by atoms with van der Waals surface area (Å²) in [5.74, 6) is 0. The van der Waals surface area contributed by atoms with Crippen LogP contribution in [0.5, 0.6) is 0 Å². The molecule has 0 fully saturated rings. The average molecular weight is 665 g/mol. The summed E-state index contributed by atoms with van der Waals surface area (Å²) < 4.78 is 0. The van der Waals surface area contributed by atoms with Gasteiger partial charge in [0.05, 0.1) is 0 Å². The zero-order chi connectivity index (χ0) is 35.4. The van der Waals surface area contributed by atoms with Gasteiger partial charge in [0.25, 0.3) is 0 Å². The molecule has 0 unspecified atom stereocenters. The summed E-state index contributed by atoms with van der Waals surface area (Å²) in [5.41, 5.74) is 15.6. The molecule has 0 radical (unpaired) electrons. The third kappa shape index (κ3) is 6.32. The lowest BCUT2D eigenvalue weighted by Gasteiger charge is -2.20. The molecule has 0 aromatic heterocycles. The van der Waals surface area contributed by atoms with Gasteiger partial charge in [0.15, 0.2) is 0 Å². The molecule has 0 N–H and O–H groups in total. The molecule has 0 heteroatoms. The molecule has 0 amide bonds. The predicted molar refractivity (Wildman–Crippen MR) is 226 cm³/mol. The summed E-state index contributed by atoms with van der Waals surface area (Å²) in [7, 11) is 0. The Kier molecular flexibility index (Phi) is 9.05. The van der Waals surface area contributed by atoms with Crippen LogP contribution in [0.2, 0.25) is 0 Å². The summed E-state index contributed by atoms with van der Waals surface area (Å²) in [5, 5.41) is 4.91. The molecule has 8 rings (SSSR count). The second-order valence-corrected chi connectivity index (χ2v) is 13.4. The van der Waals surface area contributed by atoms with Gasteiger partial charge in [-0.1, -0.05) is 194 Å². The Morgan fingerprint density at radius 3 is 1.37 bits per heavy atom. The molecule has 0 saturated heterocycles. The number of fused-ring (bicyclic) bond motifs is 2. The molecule has 8 aromatic carbocycles. The topological polar surface area (TPSA) is 0 Å². The van der Waals surface area contributed by atoms with Crippen LogP contribution in [-0.4, -0.2) is 0 Å². The molecule has 248 valence electrons. The number of rotatable bonds is 8. The van der Waals surface area contributed by atoms with E-state index in [0.717, 1.165) is 11.1 Å². The summed E-state index contributed by atoms with van der Waals surface area (Å²) >= 11 is 0. The maximum atomic E-state index is 4.18. The Hall–Kier alpha value is -6.50. The number of hydrogen-bond acceptors (Lipinski definition) is 0. The van der Waals surface area contributed by atoms with Crippen molar-refractivity contribution in [1.29, 1.82) is 0 Å². The van der Waals surface area contributed by atoms with Crippen molar-refractivity contribution in [2.24, 2.45) is 0 Å². The van der Waals surface area contributed by atoms with E-state index in [1.807, 2.05) is 13.0 Å². The Morgan fingerprint density at radius 2 is 0.846 bits per heavy atom. The van der Waals surface area contributed by atoms with Crippen LogP contribution in [0.4, 0.5) is 0 Å². The van der Waals surface area contributed by atoms with Crippen LogP contribution in [0.25, 0.3) is 82.8 Å². The summed E-state index contributed by atoms with van der Waals surface area (Å²) in [6, 6.07) is 62.2. The molecular formula is C52H40. The maximum absolute atomic E-state index is 4.18. The summed E-state index contributed by atoms with van der Waals surface area (Å²) in [4.78, 5) is 0. The maximum Gasteiger partial charge on any atom is -0.00261 e. The highest BCUT2D eigenvalue weighted by Gasteiger charge is 2.19. The monoisotopic (exact) mass is 664 g/mol. The molecule has 0 bridgehead atoms. The number of allylic oxidation sites excluding steroid dienone is 5. The normalized spacial score (nSPS) is 11.8. The Bertz CT molecular complexity index is 2580. The van der Waals surface area contributed by atoms with E-state index < -0.39 is 0 Å². The lowest BCUT2D eigenvalue weighted by Crippen LogP contribution is -1.93. The van der Waals surface area contributed by atoms with Gasteiger partial charge in [0.2, 0.25) is 0 Å². The minimum Gasteiger partial charge on any atom is -0.0984 e. The van der Waals surface area contributed by atoms with Gasteiger partial charge in [-0.25, -0.2) is 0 Å². The van der Waals surface area contributed by atoms with Gasteiger partial charge in [-0.3, -0.25) is 0 Å². The standard InChI is InChI=1S/C52H40/c1-4-6-13-37(5-2)45-30-32-47-49(34-45)51(43-26-22-40(23-27-43)38-14-9-7-10-15-38)48-33-31-46(42-20-18-36(3)19-21-42)35-50(48)52(47)44-28-24-41(25-29-44)39-16-11-8-12-17-39/h4-35H,2H2,1,3H3/b6-4+,37-13+. The fraction of sp³-hybridized carbons (Fsp3) is 0.0385. The van der Waals surface area contributed by atoms with Crippen molar-refractivity contribution in [2.75, 3.05) is 0 Å². The minimum atomic E-state index is 1.09. The molecule has 0 saturated carbocycles. The summed E-state index contributed by atoms with van der Waals surface area (Å²) in [6.45, 7) is 8.36. The van der Waals surface area contributed by atoms with E-state index in [4.69, 9.17) is 0 Å². The van der Waals surface area contributed by atoms with Crippen LogP contribution < -0.4 is 0 Å². The third-order valence-electron chi connectivity index (χ3n) is 10.1. The van der Waals surface area contributed by atoms with Crippen LogP contribution in [0, 0.1) is 6.92 Å². The Labute approximate surface area is 307 Å². The fourth-order valence-electron chi connectivity index (χ4n) is 7.36. The predicted octanol–water partition coefficient (Wildman–Crippen LogP) is 14.8. The van der Waals surface area contributed by atoms with E-state index >= 15 is 0 Å². The van der Waals surface area contributed by atoms with E-state index in [-0.39, 0.29) is 0 Å². The number of hydrogen-bond donors (Lipinski definition) is 0. The fourth-order valence-corrected chi connectivity index (χ4v) is 7.36. The highest BCUT2D eigenvalue weighted by Crippen LogP contribution is 2.46. The molecule has 0 atom stereocenters. The molecule has 0 aliphatic heterocycles.